The molecule has 1 atom stereocenters. The predicted molar refractivity (Wildman–Crippen MR) is 95.7 cm³/mol. The smallest absolute Gasteiger partial charge is 0.227 e. The van der Waals surface area contributed by atoms with E-state index in [0.717, 1.165) is 11.8 Å². The molecule has 2 N–H and O–H groups in total. The SMILES string of the molecule is Oc1cc2nc(Nc3ccc(F)c(Cl)c3)ncc2cc1O[C@H]1CCOC1. The molecular formula is C18H15ClFN3O3. The Morgan fingerprint density at radius 3 is 2.96 bits per heavy atom. The van der Waals surface area contributed by atoms with Crippen molar-refractivity contribution in [2.24, 2.45) is 0 Å². The quantitative estimate of drug-likeness (QED) is 0.716. The number of aromatic nitrogens is 2. The minimum absolute atomic E-state index is 0.00104. The molecule has 2 aromatic carbocycles. The van der Waals surface area contributed by atoms with Crippen LogP contribution in [0.3, 0.4) is 0 Å². The highest BCUT2D eigenvalue weighted by Crippen LogP contribution is 2.32. The zero-order valence-corrected chi connectivity index (χ0v) is 14.3. The number of halogens is 2. The monoisotopic (exact) mass is 375 g/mol. The largest absolute Gasteiger partial charge is 0.504 e. The summed E-state index contributed by atoms with van der Waals surface area (Å²) in [5.74, 6) is 0.181. The molecule has 0 unspecified atom stereocenters. The molecule has 26 heavy (non-hydrogen) atoms. The van der Waals surface area contributed by atoms with Gasteiger partial charge in [0, 0.05) is 29.8 Å². The van der Waals surface area contributed by atoms with Crippen LogP contribution in [0.15, 0.2) is 36.5 Å². The van der Waals surface area contributed by atoms with Crippen LogP contribution in [0.4, 0.5) is 16.0 Å². The summed E-state index contributed by atoms with van der Waals surface area (Å²) in [7, 11) is 0. The van der Waals surface area contributed by atoms with Gasteiger partial charge in [0.15, 0.2) is 11.5 Å². The van der Waals surface area contributed by atoms with Crippen LogP contribution in [0, 0.1) is 5.82 Å². The Balaban J connectivity index is 1.59. The van der Waals surface area contributed by atoms with Gasteiger partial charge in [-0.05, 0) is 24.3 Å². The molecule has 0 bridgehead atoms. The lowest BCUT2D eigenvalue weighted by Crippen LogP contribution is -2.15. The molecular weight excluding hydrogens is 361 g/mol. The molecule has 1 aliphatic rings. The second kappa shape index (κ2) is 6.93. The van der Waals surface area contributed by atoms with Gasteiger partial charge in [0.05, 0.1) is 23.8 Å². The fourth-order valence-corrected chi connectivity index (χ4v) is 2.87. The molecule has 1 aliphatic heterocycles. The molecule has 0 aliphatic carbocycles. The van der Waals surface area contributed by atoms with E-state index in [4.69, 9.17) is 21.1 Å². The average Bonchev–Trinajstić information content (AvgIpc) is 3.12. The van der Waals surface area contributed by atoms with Crippen molar-refractivity contribution in [3.05, 3.63) is 47.4 Å². The summed E-state index contributed by atoms with van der Waals surface area (Å²) in [6.45, 7) is 1.17. The highest BCUT2D eigenvalue weighted by Gasteiger charge is 2.19. The maximum Gasteiger partial charge on any atom is 0.227 e. The standard InChI is InChI=1S/C18H15ClFN3O3/c19-13-6-11(1-2-14(13)20)22-18-21-8-10-5-17(16(24)7-15(10)23-18)26-12-3-4-25-9-12/h1-2,5-8,12,24H,3-4,9H2,(H,21,22,23)/t12-/m0/s1. The third-order valence-corrected chi connectivity index (χ3v) is 4.31. The Morgan fingerprint density at radius 2 is 2.19 bits per heavy atom. The highest BCUT2D eigenvalue weighted by atomic mass is 35.5. The van der Waals surface area contributed by atoms with Gasteiger partial charge < -0.3 is 19.9 Å². The maximum absolute atomic E-state index is 13.2. The van der Waals surface area contributed by atoms with Crippen molar-refractivity contribution in [3.63, 3.8) is 0 Å². The van der Waals surface area contributed by atoms with Crippen molar-refractivity contribution >= 4 is 34.1 Å². The van der Waals surface area contributed by atoms with Gasteiger partial charge in [-0.25, -0.2) is 14.4 Å². The first-order valence-electron chi connectivity index (χ1n) is 8.05. The Hall–Kier alpha value is -2.64. The maximum atomic E-state index is 13.2. The summed E-state index contributed by atoms with van der Waals surface area (Å²) < 4.78 is 24.3. The number of ether oxygens (including phenoxy) is 2. The molecule has 0 amide bonds. The van der Waals surface area contributed by atoms with Crippen LogP contribution in [0.5, 0.6) is 11.5 Å². The van der Waals surface area contributed by atoms with Crippen molar-refractivity contribution < 1.29 is 19.0 Å². The van der Waals surface area contributed by atoms with Gasteiger partial charge in [-0.3, -0.25) is 0 Å². The molecule has 0 saturated carbocycles. The normalized spacial score (nSPS) is 16.8. The van der Waals surface area contributed by atoms with Crippen molar-refractivity contribution in [1.29, 1.82) is 0 Å². The van der Waals surface area contributed by atoms with Crippen LogP contribution in [-0.2, 0) is 4.74 Å². The molecule has 6 nitrogen and oxygen atoms in total. The van der Waals surface area contributed by atoms with Crippen LogP contribution in [0.25, 0.3) is 10.9 Å². The zero-order valence-electron chi connectivity index (χ0n) is 13.6. The molecule has 1 aromatic heterocycles. The molecule has 134 valence electrons. The zero-order chi connectivity index (χ0) is 18.1. The van der Waals surface area contributed by atoms with Crippen LogP contribution in [0.1, 0.15) is 6.42 Å². The Bertz CT molecular complexity index is 964. The van der Waals surface area contributed by atoms with Crippen molar-refractivity contribution in [2.75, 3.05) is 18.5 Å². The fourth-order valence-electron chi connectivity index (χ4n) is 2.69. The second-order valence-corrected chi connectivity index (χ2v) is 6.34. The molecule has 1 saturated heterocycles. The summed E-state index contributed by atoms with van der Waals surface area (Å²) in [6.07, 6.45) is 2.34. The second-order valence-electron chi connectivity index (χ2n) is 5.93. The van der Waals surface area contributed by atoms with Crippen molar-refractivity contribution in [2.45, 2.75) is 12.5 Å². The number of anilines is 2. The highest BCUT2D eigenvalue weighted by molar-refractivity contribution is 6.31. The molecule has 2 heterocycles. The number of fused-ring (bicyclic) bond motifs is 1. The third kappa shape index (κ3) is 3.49. The van der Waals surface area contributed by atoms with E-state index in [1.807, 2.05) is 0 Å². The van der Waals surface area contributed by atoms with Gasteiger partial charge in [-0.15, -0.1) is 0 Å². The molecule has 0 radical (unpaired) electrons. The van der Waals surface area contributed by atoms with Gasteiger partial charge in [0.1, 0.15) is 11.9 Å². The van der Waals surface area contributed by atoms with E-state index < -0.39 is 5.82 Å². The average molecular weight is 376 g/mol. The number of aromatic hydroxyl groups is 1. The van der Waals surface area contributed by atoms with Crippen LogP contribution >= 0.6 is 11.6 Å². The van der Waals surface area contributed by atoms with E-state index in [9.17, 15) is 9.50 Å². The third-order valence-electron chi connectivity index (χ3n) is 4.02. The number of hydrogen-bond donors (Lipinski definition) is 2. The van der Waals surface area contributed by atoms with Gasteiger partial charge in [-0.1, -0.05) is 11.6 Å². The lowest BCUT2D eigenvalue weighted by atomic mass is 10.2. The molecule has 0 spiro atoms. The number of rotatable bonds is 4. The van der Waals surface area contributed by atoms with Crippen LogP contribution in [-0.4, -0.2) is 34.4 Å². The number of benzene rings is 2. The van der Waals surface area contributed by atoms with Gasteiger partial charge in [-0.2, -0.15) is 0 Å². The molecule has 4 rings (SSSR count). The molecule has 3 aromatic rings. The first kappa shape index (κ1) is 16.8. The first-order chi connectivity index (χ1) is 12.6. The molecule has 1 fully saturated rings. The van der Waals surface area contributed by atoms with E-state index in [0.29, 0.717) is 36.1 Å². The summed E-state index contributed by atoms with van der Waals surface area (Å²) in [4.78, 5) is 8.59. The lowest BCUT2D eigenvalue weighted by Gasteiger charge is -2.14. The predicted octanol–water partition coefficient (Wildman–Crippen LogP) is 4.04. The lowest BCUT2D eigenvalue weighted by molar-refractivity contribution is 0.139. The summed E-state index contributed by atoms with van der Waals surface area (Å²) in [6, 6.07) is 7.45. The van der Waals surface area contributed by atoms with Crippen LogP contribution < -0.4 is 10.1 Å². The van der Waals surface area contributed by atoms with Gasteiger partial charge >= 0.3 is 0 Å². The summed E-state index contributed by atoms with van der Waals surface area (Å²) in [5, 5.41) is 13.9. The van der Waals surface area contributed by atoms with Crippen molar-refractivity contribution in [1.82, 2.24) is 9.97 Å². The minimum atomic E-state index is -0.498. The Kier molecular flexibility index (Phi) is 4.48. The first-order valence-corrected chi connectivity index (χ1v) is 8.42. The fraction of sp³-hybridized carbons (Fsp3) is 0.222. The molecule has 8 heteroatoms. The Morgan fingerprint density at radius 1 is 1.31 bits per heavy atom. The van der Waals surface area contributed by atoms with Gasteiger partial charge in [0.25, 0.3) is 0 Å². The topological polar surface area (TPSA) is 76.5 Å². The van der Waals surface area contributed by atoms with Crippen molar-refractivity contribution in [3.8, 4) is 11.5 Å². The summed E-state index contributed by atoms with van der Waals surface area (Å²) >= 11 is 5.77. The number of nitrogens with zero attached hydrogens (tertiary/aromatic N) is 2. The van der Waals surface area contributed by atoms with E-state index in [1.165, 1.54) is 24.3 Å². The van der Waals surface area contributed by atoms with Crippen LogP contribution in [0.2, 0.25) is 5.02 Å². The van der Waals surface area contributed by atoms with E-state index in [2.05, 4.69) is 15.3 Å². The summed E-state index contributed by atoms with van der Waals surface area (Å²) in [5.41, 5.74) is 1.10. The number of hydrogen-bond acceptors (Lipinski definition) is 6. The van der Waals surface area contributed by atoms with E-state index in [1.54, 1.807) is 12.3 Å². The van der Waals surface area contributed by atoms with E-state index in [-0.39, 0.29) is 16.9 Å². The number of nitrogens with one attached hydrogen (secondary N) is 1. The Labute approximate surface area is 153 Å². The van der Waals surface area contributed by atoms with Gasteiger partial charge in [0.2, 0.25) is 5.95 Å². The minimum Gasteiger partial charge on any atom is -0.504 e. The number of phenolic OH excluding ortho intramolecular Hbond substituents is 1. The van der Waals surface area contributed by atoms with E-state index >= 15 is 0 Å². The number of phenols is 1.